The fraction of sp³-hybridized carbons (Fsp3) is 0.591. The predicted octanol–water partition coefficient (Wildman–Crippen LogP) is 0.574. The van der Waals surface area contributed by atoms with Gasteiger partial charge >= 0.3 is 11.9 Å². The molecule has 0 radical (unpaired) electrons. The Kier molecular flexibility index (Phi) is 7.11. The second-order valence-corrected chi connectivity index (χ2v) is 9.05. The zero-order valence-electron chi connectivity index (χ0n) is 19.7. The standard InChI is InChI=1S/C22H29N5O7/c1-12(2)19(29)32-8-14-16(33-10-21(3,4)20(30)31-5)17(28)22(9-23,34-14)15-7-6-13-18(24)25-11-26-27(13)15/h6-7,11-12,14,16-17,28H,8,10H2,1-5H3,(H2,24,25,26)/t14-,16-,17-,22+/m1/s1. The van der Waals surface area contributed by atoms with E-state index in [4.69, 9.17) is 24.7 Å². The average Bonchev–Trinajstić information content (AvgIpc) is 3.35. The van der Waals surface area contributed by atoms with Crippen LogP contribution in [0, 0.1) is 22.7 Å². The maximum absolute atomic E-state index is 12.1. The van der Waals surface area contributed by atoms with Crippen LogP contribution < -0.4 is 5.73 Å². The molecule has 12 nitrogen and oxygen atoms in total. The summed E-state index contributed by atoms with van der Waals surface area (Å²) in [5.41, 5.74) is 3.55. The van der Waals surface area contributed by atoms with Crippen LogP contribution >= 0.6 is 0 Å². The summed E-state index contributed by atoms with van der Waals surface area (Å²) in [6.45, 7) is 6.16. The number of hydrogen-bond donors (Lipinski definition) is 2. The SMILES string of the molecule is COC(=O)C(C)(C)CO[C@H]1[C@@H](O)[C@](C#N)(c2ccc3c(N)ncnn23)O[C@@H]1COC(=O)C(C)C. The number of fused-ring (bicyclic) bond motifs is 1. The van der Waals surface area contributed by atoms with Crippen LogP contribution in [0.3, 0.4) is 0 Å². The van der Waals surface area contributed by atoms with Crippen molar-refractivity contribution in [3.8, 4) is 6.07 Å². The third kappa shape index (κ3) is 4.42. The molecular formula is C22H29N5O7. The Hall–Kier alpha value is -3.27. The molecule has 0 unspecified atom stereocenters. The maximum atomic E-state index is 12.1. The summed E-state index contributed by atoms with van der Waals surface area (Å²) in [5.74, 6) is -1.20. The molecule has 34 heavy (non-hydrogen) atoms. The molecule has 3 N–H and O–H groups in total. The third-order valence-corrected chi connectivity index (χ3v) is 5.70. The highest BCUT2D eigenvalue weighted by atomic mass is 16.6. The first-order valence-electron chi connectivity index (χ1n) is 10.7. The third-order valence-electron chi connectivity index (χ3n) is 5.70. The molecule has 0 saturated carbocycles. The Bertz CT molecular complexity index is 1110. The van der Waals surface area contributed by atoms with Gasteiger partial charge in [0.1, 0.15) is 42.8 Å². The van der Waals surface area contributed by atoms with Crippen molar-refractivity contribution in [1.29, 1.82) is 5.26 Å². The average molecular weight is 476 g/mol. The number of nitriles is 1. The number of nitrogens with zero attached hydrogens (tertiary/aromatic N) is 4. The van der Waals surface area contributed by atoms with E-state index < -0.39 is 41.3 Å². The minimum atomic E-state index is -1.93. The van der Waals surface area contributed by atoms with Gasteiger partial charge < -0.3 is 29.8 Å². The van der Waals surface area contributed by atoms with Gasteiger partial charge in [-0.1, -0.05) is 13.8 Å². The molecule has 1 fully saturated rings. The predicted molar refractivity (Wildman–Crippen MR) is 117 cm³/mol. The molecular weight excluding hydrogens is 446 g/mol. The van der Waals surface area contributed by atoms with Gasteiger partial charge in [0.25, 0.3) is 0 Å². The van der Waals surface area contributed by atoms with E-state index >= 15 is 0 Å². The van der Waals surface area contributed by atoms with Gasteiger partial charge in [-0.25, -0.2) is 9.50 Å². The number of hydrogen-bond acceptors (Lipinski definition) is 11. The van der Waals surface area contributed by atoms with Crippen molar-refractivity contribution < 1.29 is 33.6 Å². The number of nitrogens with two attached hydrogens (primary N) is 1. The van der Waals surface area contributed by atoms with E-state index in [1.54, 1.807) is 39.8 Å². The lowest BCUT2D eigenvalue weighted by molar-refractivity contribution is -0.160. The number of methoxy groups -OCH3 is 1. The Morgan fingerprint density at radius 3 is 2.74 bits per heavy atom. The molecule has 2 aromatic heterocycles. The largest absolute Gasteiger partial charge is 0.469 e. The first kappa shape index (κ1) is 25.4. The number of carbonyl (C=O) groups is 2. The number of esters is 2. The molecule has 1 aliphatic heterocycles. The summed E-state index contributed by atoms with van der Waals surface area (Å²) in [4.78, 5) is 28.1. The normalized spacial score (nSPS) is 24.8. The maximum Gasteiger partial charge on any atom is 0.313 e. The van der Waals surface area contributed by atoms with Crippen LogP contribution in [0.25, 0.3) is 5.52 Å². The lowest BCUT2D eigenvalue weighted by atomic mass is 9.91. The molecule has 0 aromatic carbocycles. The van der Waals surface area contributed by atoms with Gasteiger partial charge in [0.05, 0.1) is 30.7 Å². The van der Waals surface area contributed by atoms with Crippen LogP contribution in [-0.4, -0.2) is 70.3 Å². The summed E-state index contributed by atoms with van der Waals surface area (Å²) in [5, 5.41) is 25.6. The molecule has 1 aliphatic rings. The second-order valence-electron chi connectivity index (χ2n) is 9.05. The fourth-order valence-corrected chi connectivity index (χ4v) is 3.70. The number of aliphatic hydroxyl groups excluding tert-OH is 1. The van der Waals surface area contributed by atoms with Crippen molar-refractivity contribution >= 4 is 23.3 Å². The Morgan fingerprint density at radius 1 is 1.41 bits per heavy atom. The molecule has 1 saturated heterocycles. The van der Waals surface area contributed by atoms with Gasteiger partial charge in [-0.3, -0.25) is 9.59 Å². The van der Waals surface area contributed by atoms with Gasteiger partial charge in [-0.15, -0.1) is 0 Å². The summed E-state index contributed by atoms with van der Waals surface area (Å²) in [6.07, 6.45) is -2.45. The fourth-order valence-electron chi connectivity index (χ4n) is 3.70. The van der Waals surface area contributed by atoms with Crippen molar-refractivity contribution in [2.24, 2.45) is 11.3 Å². The second kappa shape index (κ2) is 9.54. The quantitative estimate of drug-likeness (QED) is 0.511. The van der Waals surface area contributed by atoms with Crippen molar-refractivity contribution in [3.63, 3.8) is 0 Å². The minimum absolute atomic E-state index is 0.148. The highest BCUT2D eigenvalue weighted by Gasteiger charge is 2.59. The van der Waals surface area contributed by atoms with E-state index in [1.165, 1.54) is 18.0 Å². The number of anilines is 1. The van der Waals surface area contributed by atoms with E-state index in [1.807, 2.05) is 6.07 Å². The Labute approximate surface area is 196 Å². The van der Waals surface area contributed by atoms with E-state index in [-0.39, 0.29) is 30.6 Å². The lowest BCUT2D eigenvalue weighted by Gasteiger charge is -2.27. The summed E-state index contributed by atoms with van der Waals surface area (Å²) >= 11 is 0. The summed E-state index contributed by atoms with van der Waals surface area (Å²) < 4.78 is 23.4. The van der Waals surface area contributed by atoms with Crippen molar-refractivity contribution in [2.75, 3.05) is 26.1 Å². The number of aliphatic hydroxyl groups is 1. The van der Waals surface area contributed by atoms with Crippen molar-refractivity contribution in [2.45, 2.75) is 51.6 Å². The van der Waals surface area contributed by atoms with Gasteiger partial charge in [-0.2, -0.15) is 10.4 Å². The molecule has 0 bridgehead atoms. The lowest BCUT2D eigenvalue weighted by Crippen LogP contribution is -2.44. The number of aromatic nitrogens is 3. The van der Waals surface area contributed by atoms with E-state index in [2.05, 4.69) is 10.1 Å². The first-order valence-corrected chi connectivity index (χ1v) is 10.7. The van der Waals surface area contributed by atoms with Crippen molar-refractivity contribution in [3.05, 3.63) is 24.2 Å². The van der Waals surface area contributed by atoms with Crippen LogP contribution in [-0.2, 0) is 34.1 Å². The highest BCUT2D eigenvalue weighted by Crippen LogP contribution is 2.42. The zero-order chi connectivity index (χ0) is 25.3. The Balaban J connectivity index is 1.98. The molecule has 3 heterocycles. The van der Waals surface area contributed by atoms with Gasteiger partial charge in [0.2, 0.25) is 5.60 Å². The first-order chi connectivity index (χ1) is 16.0. The summed E-state index contributed by atoms with van der Waals surface area (Å²) in [7, 11) is 1.26. The number of rotatable bonds is 8. The van der Waals surface area contributed by atoms with Crippen molar-refractivity contribution in [1.82, 2.24) is 14.6 Å². The molecule has 0 spiro atoms. The molecule has 4 atom stereocenters. The Morgan fingerprint density at radius 2 is 2.12 bits per heavy atom. The van der Waals surface area contributed by atoms with E-state index in [0.29, 0.717) is 5.52 Å². The number of ether oxygens (including phenoxy) is 4. The van der Waals surface area contributed by atoms with E-state index in [0.717, 1.165) is 0 Å². The molecule has 0 amide bonds. The van der Waals surface area contributed by atoms with Gasteiger partial charge in [0, 0.05) is 0 Å². The molecule has 12 heteroatoms. The summed E-state index contributed by atoms with van der Waals surface area (Å²) in [6, 6.07) is 5.18. The van der Waals surface area contributed by atoms with Crippen LogP contribution in [0.4, 0.5) is 5.82 Å². The molecule has 184 valence electrons. The van der Waals surface area contributed by atoms with Crippen LogP contribution in [0.5, 0.6) is 0 Å². The van der Waals surface area contributed by atoms with Crippen LogP contribution in [0.2, 0.25) is 0 Å². The molecule has 3 rings (SSSR count). The van der Waals surface area contributed by atoms with Gasteiger partial charge in [-0.05, 0) is 26.0 Å². The molecule has 0 aliphatic carbocycles. The zero-order valence-corrected chi connectivity index (χ0v) is 19.7. The number of nitrogen functional groups attached to an aromatic ring is 1. The van der Waals surface area contributed by atoms with Crippen LogP contribution in [0.15, 0.2) is 18.5 Å². The minimum Gasteiger partial charge on any atom is -0.469 e. The van der Waals surface area contributed by atoms with Gasteiger partial charge in [0.15, 0.2) is 5.82 Å². The topological polar surface area (TPSA) is 171 Å². The highest BCUT2D eigenvalue weighted by molar-refractivity contribution is 5.75. The molecule has 2 aromatic rings. The monoisotopic (exact) mass is 475 g/mol. The number of carbonyl (C=O) groups excluding carboxylic acids is 2. The van der Waals surface area contributed by atoms with E-state index in [9.17, 15) is 20.0 Å². The smallest absolute Gasteiger partial charge is 0.313 e. The van der Waals surface area contributed by atoms with Crippen LogP contribution in [0.1, 0.15) is 33.4 Å².